The predicted molar refractivity (Wildman–Crippen MR) is 256 cm³/mol. The maximum atomic E-state index is 7.84. The van der Waals surface area contributed by atoms with Crippen molar-refractivity contribution in [2.24, 2.45) is 47.3 Å². The molecule has 32 atom stereocenters. The number of nitrogens with zero attached hydrogens (tertiary/aromatic N) is 2. The SMILES string of the molecule is COC1C(OC)C(OC)C2C3NC(NC4C5C(Cl)C(Cl)C(Cl)C(Cl)C5C(NC5NC(NC6C7C(OC)C(OC)C(OC)C(OC)C7C(N3)N6Cl)C3C(Cl)C(Cl)C(Cl)C(Cl)C53)N4Cl)C2C1OC. The van der Waals surface area contributed by atoms with Gasteiger partial charge in [0.05, 0.1) is 117 Å². The summed E-state index contributed by atoms with van der Waals surface area (Å²) in [7, 11) is 13.3. The average molecular weight is 1140 g/mol. The second kappa shape index (κ2) is 21.1. The lowest BCUT2D eigenvalue weighted by Crippen LogP contribution is -2.66. The molecule has 380 valence electrons. The molecule has 5 saturated heterocycles. The molecule has 0 aromatic carbocycles. The smallest absolute Gasteiger partial charge is 0.112 e. The number of ether oxygens (including phenoxy) is 8. The van der Waals surface area contributed by atoms with Gasteiger partial charge in [-0.15, -0.1) is 92.8 Å². The van der Waals surface area contributed by atoms with Gasteiger partial charge in [0.2, 0.25) is 0 Å². The molecule has 0 amide bonds. The molecule has 16 nitrogen and oxygen atoms in total. The van der Waals surface area contributed by atoms with E-state index >= 15 is 0 Å². The monoisotopic (exact) mass is 1130 g/mol. The van der Waals surface area contributed by atoms with Crippen molar-refractivity contribution in [1.82, 2.24) is 40.7 Å². The van der Waals surface area contributed by atoms with Crippen LogP contribution in [-0.2, 0) is 37.9 Å². The molecule has 0 radical (unpaired) electrons. The van der Waals surface area contributed by atoms with Gasteiger partial charge in [-0.25, -0.2) is 0 Å². The quantitative estimate of drug-likeness (QED) is 0.156. The Kier molecular flexibility index (Phi) is 17.0. The zero-order valence-electron chi connectivity index (χ0n) is 37.4. The van der Waals surface area contributed by atoms with E-state index in [-0.39, 0.29) is 23.7 Å². The molecule has 5 aliphatic heterocycles. The van der Waals surface area contributed by atoms with Crippen LogP contribution >= 0.6 is 116 Å². The van der Waals surface area contributed by atoms with E-state index in [1.807, 2.05) is 0 Å². The maximum Gasteiger partial charge on any atom is 0.112 e. The van der Waals surface area contributed by atoms with Crippen LogP contribution in [-0.4, -0.2) is 207 Å². The minimum atomic E-state index is -0.688. The lowest BCUT2D eigenvalue weighted by Gasteiger charge is -2.50. The maximum absolute atomic E-state index is 7.84. The fraction of sp³-hybridized carbons (Fsp3) is 1.00. The first-order valence-electron chi connectivity index (χ1n) is 22.4. The van der Waals surface area contributed by atoms with Crippen molar-refractivity contribution >= 4 is 116 Å². The van der Waals surface area contributed by atoms with Crippen molar-refractivity contribution in [3.8, 4) is 0 Å². The third-order valence-corrected chi connectivity index (χ3v) is 22.9. The standard InChI is InChI=1S/C40H62Cl10N8O8/c1-59-25-13-14(26(60-2)30(64-6)29(25)63-5)36-52-35(13)55-38-12-11(19(43)23(47)24(48)20(12)44)37(57(38)49)53-33-9-10(18(42)22(46)21(45)17(9)41)34(51-33)54-39-15-16(40(56-36)58(39)50)28(62-4)32(66-8)31(65-7)27(15)61-3/h9-40,51-56H,1-8H3. The van der Waals surface area contributed by atoms with Crippen molar-refractivity contribution < 1.29 is 37.9 Å². The van der Waals surface area contributed by atoms with Gasteiger partial charge in [0, 0.05) is 104 Å². The number of rotatable bonds is 8. The first-order valence-corrected chi connectivity index (χ1v) is 26.6. The number of hydrogen-bond acceptors (Lipinski definition) is 16. The van der Waals surface area contributed by atoms with Crippen molar-refractivity contribution in [2.45, 2.75) is 141 Å². The first kappa shape index (κ1) is 53.1. The Bertz CT molecular complexity index is 1700. The van der Waals surface area contributed by atoms with Gasteiger partial charge in [0.15, 0.2) is 0 Å². The number of fused-ring (bicyclic) bond motifs is 20. The van der Waals surface area contributed by atoms with E-state index in [0.29, 0.717) is 0 Å². The molecular weight excluding hydrogens is 1080 g/mol. The average Bonchev–Trinajstić information content (AvgIpc) is 4.02. The molecule has 32 unspecified atom stereocenters. The molecule has 9 rings (SSSR count). The zero-order valence-corrected chi connectivity index (χ0v) is 45.0. The van der Waals surface area contributed by atoms with E-state index in [0.717, 1.165) is 0 Å². The molecular formula is C40H62Cl10N8O8. The topological polar surface area (TPSA) is 153 Å². The number of hydrogen-bond donors (Lipinski definition) is 6. The number of alkyl halides is 8. The molecule has 9 aliphatic rings. The Hall–Kier alpha value is 2.26. The summed E-state index contributed by atoms with van der Waals surface area (Å²) in [6.07, 6.45) is -8.93. The Labute approximate surface area is 437 Å². The van der Waals surface area contributed by atoms with Crippen LogP contribution in [0.5, 0.6) is 0 Å². The van der Waals surface area contributed by atoms with Crippen LogP contribution in [0.1, 0.15) is 0 Å². The molecule has 26 heteroatoms. The highest BCUT2D eigenvalue weighted by Crippen LogP contribution is 2.55. The summed E-state index contributed by atoms with van der Waals surface area (Å²) < 4.78 is 54.0. The number of methoxy groups -OCH3 is 8. The molecule has 66 heavy (non-hydrogen) atoms. The molecule has 4 saturated carbocycles. The summed E-state index contributed by atoms with van der Waals surface area (Å²) in [6, 6.07) is 0. The molecule has 8 bridgehead atoms. The highest BCUT2D eigenvalue weighted by atomic mass is 35.5. The van der Waals surface area contributed by atoms with E-state index in [2.05, 4.69) is 31.9 Å². The minimum Gasteiger partial charge on any atom is -0.378 e. The Morgan fingerprint density at radius 2 is 0.470 bits per heavy atom. The summed E-state index contributed by atoms with van der Waals surface area (Å²) in [5, 5.41) is 18.1. The number of halogens is 10. The summed E-state index contributed by atoms with van der Waals surface area (Å²) in [6.45, 7) is 0. The Morgan fingerprint density at radius 1 is 0.258 bits per heavy atom. The van der Waals surface area contributed by atoms with Crippen LogP contribution in [0.4, 0.5) is 0 Å². The molecule has 4 aliphatic carbocycles. The van der Waals surface area contributed by atoms with Gasteiger partial charge in [0.25, 0.3) is 0 Å². The fourth-order valence-corrected chi connectivity index (χ4v) is 18.5. The zero-order chi connectivity index (χ0) is 47.5. The Morgan fingerprint density at radius 3 is 0.727 bits per heavy atom. The Balaban J connectivity index is 1.23. The van der Waals surface area contributed by atoms with Crippen LogP contribution in [0.2, 0.25) is 0 Å². The van der Waals surface area contributed by atoms with E-state index in [4.69, 9.17) is 154 Å². The van der Waals surface area contributed by atoms with Gasteiger partial charge < -0.3 is 37.9 Å². The molecule has 0 aromatic heterocycles. The molecule has 6 N–H and O–H groups in total. The van der Waals surface area contributed by atoms with Crippen molar-refractivity contribution in [2.75, 3.05) is 56.9 Å². The largest absolute Gasteiger partial charge is 0.378 e. The highest BCUT2D eigenvalue weighted by molar-refractivity contribution is 6.39. The summed E-state index contributed by atoms with van der Waals surface area (Å²) in [4.78, 5) is 0. The minimum absolute atomic E-state index is 0.336. The summed E-state index contributed by atoms with van der Waals surface area (Å²) in [5.41, 5.74) is 0. The van der Waals surface area contributed by atoms with E-state index in [1.54, 1.807) is 65.7 Å². The lowest BCUT2D eigenvalue weighted by atomic mass is 9.70. The van der Waals surface area contributed by atoms with E-state index < -0.39 is 165 Å². The molecule has 0 spiro atoms. The molecule has 0 aromatic rings. The third-order valence-electron chi connectivity index (χ3n) is 16.9. The van der Waals surface area contributed by atoms with Gasteiger partial charge in [-0.1, -0.05) is 0 Å². The normalized spacial score (nSPS) is 58.5. The highest BCUT2D eigenvalue weighted by Gasteiger charge is 2.69. The fourth-order valence-electron chi connectivity index (χ4n) is 14.3. The molecule has 9 fully saturated rings. The van der Waals surface area contributed by atoms with Gasteiger partial charge in [-0.2, -0.15) is 8.84 Å². The van der Waals surface area contributed by atoms with Crippen LogP contribution < -0.4 is 31.9 Å². The predicted octanol–water partition coefficient (Wildman–Crippen LogP) is 3.08. The second-order valence-corrected chi connectivity index (χ2v) is 24.0. The number of nitrogens with one attached hydrogen (secondary N) is 6. The van der Waals surface area contributed by atoms with Gasteiger partial charge in [-0.3, -0.25) is 31.9 Å². The van der Waals surface area contributed by atoms with Crippen LogP contribution in [0.25, 0.3) is 0 Å². The van der Waals surface area contributed by atoms with E-state index in [1.165, 1.54) is 0 Å². The van der Waals surface area contributed by atoms with E-state index in [9.17, 15) is 0 Å². The van der Waals surface area contributed by atoms with Gasteiger partial charge in [0.1, 0.15) is 24.4 Å². The second-order valence-electron chi connectivity index (χ2n) is 19.2. The summed E-state index contributed by atoms with van der Waals surface area (Å²) in [5.74, 6) is -3.07. The van der Waals surface area contributed by atoms with Crippen molar-refractivity contribution in [1.29, 1.82) is 0 Å². The summed E-state index contributed by atoms with van der Waals surface area (Å²) >= 11 is 73.4. The first-order chi connectivity index (χ1) is 31.6. The van der Waals surface area contributed by atoms with Gasteiger partial charge >= 0.3 is 0 Å². The van der Waals surface area contributed by atoms with Crippen molar-refractivity contribution in [3.63, 3.8) is 0 Å². The lowest BCUT2D eigenvalue weighted by molar-refractivity contribution is -0.219. The van der Waals surface area contributed by atoms with Crippen LogP contribution in [0.15, 0.2) is 0 Å². The van der Waals surface area contributed by atoms with Crippen LogP contribution in [0.3, 0.4) is 0 Å². The molecule has 5 heterocycles. The van der Waals surface area contributed by atoms with Crippen LogP contribution in [0, 0.1) is 47.3 Å². The van der Waals surface area contributed by atoms with Crippen molar-refractivity contribution in [3.05, 3.63) is 0 Å². The van der Waals surface area contributed by atoms with Gasteiger partial charge in [-0.05, 0) is 23.6 Å². The third kappa shape index (κ3) is 8.13.